The summed E-state index contributed by atoms with van der Waals surface area (Å²) < 4.78 is 13.1. The first-order valence-corrected chi connectivity index (χ1v) is 12.4. The number of rotatable bonds is 8. The summed E-state index contributed by atoms with van der Waals surface area (Å²) in [4.78, 5) is 21.5. The van der Waals surface area contributed by atoms with Gasteiger partial charge in [0, 0.05) is 56.9 Å². The Labute approximate surface area is 208 Å². The van der Waals surface area contributed by atoms with Crippen LogP contribution in [-0.4, -0.2) is 52.9 Å². The van der Waals surface area contributed by atoms with Crippen molar-refractivity contribution in [2.24, 2.45) is 0 Å². The number of halogens is 1. The molecule has 1 aliphatic rings. The Morgan fingerprint density at radius 1 is 1.03 bits per heavy atom. The molecule has 2 aromatic carbocycles. The quantitative estimate of drug-likeness (QED) is 0.516. The predicted octanol–water partition coefficient (Wildman–Crippen LogP) is 4.66. The Morgan fingerprint density at radius 3 is 2.37 bits per heavy atom. The van der Waals surface area contributed by atoms with E-state index in [0.29, 0.717) is 31.5 Å². The van der Waals surface area contributed by atoms with E-state index in [0.717, 1.165) is 42.0 Å². The molecule has 6 heteroatoms. The summed E-state index contributed by atoms with van der Waals surface area (Å²) in [6.45, 7) is 7.97. The highest BCUT2D eigenvalue weighted by molar-refractivity contribution is 5.76. The molecule has 1 aliphatic heterocycles. The third-order valence-corrected chi connectivity index (χ3v) is 6.55. The number of hydrogen-bond donors (Lipinski definition) is 1. The zero-order valence-electron chi connectivity index (χ0n) is 20.9. The lowest BCUT2D eigenvalue weighted by molar-refractivity contribution is -0.130. The molecule has 5 nitrogen and oxygen atoms in total. The average molecular weight is 475 g/mol. The summed E-state index contributed by atoms with van der Waals surface area (Å²) in [6, 6.07) is 20.0. The maximum absolute atomic E-state index is 13.1. The SMILES string of the molecule is C[C@@H]1CN(Cc2ccc(-c3cccnc3CN(C)C(=O)CCc3ccc(F)cc3)cc2)C[C@H](C)N1. The number of nitrogens with one attached hydrogen (secondary N) is 1. The van der Waals surface area contributed by atoms with E-state index in [-0.39, 0.29) is 11.7 Å². The van der Waals surface area contributed by atoms with E-state index in [4.69, 9.17) is 0 Å². The second-order valence-electron chi connectivity index (χ2n) is 9.73. The van der Waals surface area contributed by atoms with Crippen LogP contribution < -0.4 is 5.32 Å². The van der Waals surface area contributed by atoms with E-state index in [1.54, 1.807) is 23.2 Å². The van der Waals surface area contributed by atoms with E-state index < -0.39 is 0 Å². The number of pyridine rings is 1. The molecule has 4 rings (SSSR count). The molecule has 2 atom stereocenters. The Bertz CT molecular complexity index is 1110. The van der Waals surface area contributed by atoms with Gasteiger partial charge in [0.25, 0.3) is 0 Å². The van der Waals surface area contributed by atoms with Crippen LogP contribution in [0.3, 0.4) is 0 Å². The third kappa shape index (κ3) is 6.96. The standard InChI is InChI=1S/C29H35FN4O/c1-21-17-34(18-22(2)32-21)19-24-6-11-25(12-7-24)27-5-4-16-31-28(27)20-33(3)29(35)15-10-23-8-13-26(30)14-9-23/h4-9,11-14,16,21-22,32H,10,15,17-20H2,1-3H3/t21-,22+. The lowest BCUT2D eigenvalue weighted by atomic mass is 10.0. The second-order valence-corrected chi connectivity index (χ2v) is 9.73. The third-order valence-electron chi connectivity index (χ3n) is 6.55. The second kappa shape index (κ2) is 11.6. The number of piperazine rings is 1. The van der Waals surface area contributed by atoms with Crippen molar-refractivity contribution in [3.05, 3.63) is 89.5 Å². The van der Waals surface area contributed by atoms with Crippen LogP contribution in [0.1, 0.15) is 37.1 Å². The van der Waals surface area contributed by atoms with E-state index in [1.807, 2.05) is 13.1 Å². The van der Waals surface area contributed by atoms with Crippen molar-refractivity contribution in [1.29, 1.82) is 0 Å². The number of amides is 1. The molecule has 0 unspecified atom stereocenters. The number of aromatic nitrogens is 1. The van der Waals surface area contributed by atoms with Crippen LogP contribution in [0, 0.1) is 5.82 Å². The van der Waals surface area contributed by atoms with E-state index >= 15 is 0 Å². The molecule has 2 heterocycles. The molecule has 0 saturated carbocycles. The molecule has 1 saturated heterocycles. The Kier molecular flexibility index (Phi) is 8.26. The van der Waals surface area contributed by atoms with E-state index in [1.165, 1.54) is 17.7 Å². The fourth-order valence-corrected chi connectivity index (χ4v) is 4.85. The number of carbonyl (C=O) groups is 1. The smallest absolute Gasteiger partial charge is 0.222 e. The minimum atomic E-state index is -0.263. The number of aryl methyl sites for hydroxylation is 1. The number of hydrogen-bond acceptors (Lipinski definition) is 4. The highest BCUT2D eigenvalue weighted by Gasteiger charge is 2.21. The summed E-state index contributed by atoms with van der Waals surface area (Å²) in [7, 11) is 1.81. The molecule has 35 heavy (non-hydrogen) atoms. The lowest BCUT2D eigenvalue weighted by Gasteiger charge is -2.36. The lowest BCUT2D eigenvalue weighted by Crippen LogP contribution is -2.53. The normalized spacial score (nSPS) is 18.4. The van der Waals surface area contributed by atoms with Gasteiger partial charge in [-0.2, -0.15) is 0 Å². The van der Waals surface area contributed by atoms with Gasteiger partial charge >= 0.3 is 0 Å². The molecule has 1 amide bonds. The molecule has 0 bridgehead atoms. The number of nitrogens with zero attached hydrogens (tertiary/aromatic N) is 3. The minimum absolute atomic E-state index is 0.0424. The van der Waals surface area contributed by atoms with Crippen LogP contribution in [0.2, 0.25) is 0 Å². The van der Waals surface area contributed by atoms with E-state index in [2.05, 4.69) is 59.4 Å². The molecule has 1 aromatic heterocycles. The average Bonchev–Trinajstić information content (AvgIpc) is 2.84. The van der Waals surface area contributed by atoms with Crippen molar-refractivity contribution in [2.45, 2.75) is 51.9 Å². The fraction of sp³-hybridized carbons (Fsp3) is 0.379. The van der Waals surface area contributed by atoms with Crippen molar-refractivity contribution < 1.29 is 9.18 Å². The molecule has 1 N–H and O–H groups in total. The first kappa shape index (κ1) is 25.0. The summed E-state index contributed by atoms with van der Waals surface area (Å²) in [5.41, 5.74) is 5.28. The van der Waals surface area contributed by atoms with Gasteiger partial charge in [0.15, 0.2) is 0 Å². The Balaban J connectivity index is 1.38. The highest BCUT2D eigenvalue weighted by Crippen LogP contribution is 2.24. The van der Waals surface area contributed by atoms with Gasteiger partial charge < -0.3 is 10.2 Å². The van der Waals surface area contributed by atoms with Crippen molar-refractivity contribution >= 4 is 5.91 Å². The van der Waals surface area contributed by atoms with Crippen LogP contribution in [0.4, 0.5) is 4.39 Å². The zero-order valence-corrected chi connectivity index (χ0v) is 20.9. The highest BCUT2D eigenvalue weighted by atomic mass is 19.1. The zero-order chi connectivity index (χ0) is 24.8. The van der Waals surface area contributed by atoms with Gasteiger partial charge in [0.1, 0.15) is 5.82 Å². The van der Waals surface area contributed by atoms with Crippen LogP contribution >= 0.6 is 0 Å². The van der Waals surface area contributed by atoms with Gasteiger partial charge in [-0.15, -0.1) is 0 Å². The van der Waals surface area contributed by atoms with Gasteiger partial charge in [-0.3, -0.25) is 14.7 Å². The summed E-state index contributed by atoms with van der Waals surface area (Å²) in [5, 5.41) is 3.58. The van der Waals surface area contributed by atoms with Gasteiger partial charge in [-0.05, 0) is 55.2 Å². The molecular weight excluding hydrogens is 439 g/mol. The Morgan fingerprint density at radius 2 is 1.69 bits per heavy atom. The fourth-order valence-electron chi connectivity index (χ4n) is 4.85. The maximum Gasteiger partial charge on any atom is 0.222 e. The van der Waals surface area contributed by atoms with E-state index in [9.17, 15) is 9.18 Å². The molecule has 0 radical (unpaired) electrons. The maximum atomic E-state index is 13.1. The van der Waals surface area contributed by atoms with Crippen molar-refractivity contribution in [2.75, 3.05) is 20.1 Å². The monoisotopic (exact) mass is 474 g/mol. The predicted molar refractivity (Wildman–Crippen MR) is 138 cm³/mol. The summed E-state index contributed by atoms with van der Waals surface area (Å²) >= 11 is 0. The van der Waals surface area contributed by atoms with Gasteiger partial charge in [0.2, 0.25) is 5.91 Å². The van der Waals surface area contributed by atoms with Crippen molar-refractivity contribution in [1.82, 2.24) is 20.1 Å². The Hall–Kier alpha value is -3.09. The summed E-state index contributed by atoms with van der Waals surface area (Å²) in [6.07, 6.45) is 2.74. The van der Waals surface area contributed by atoms with Gasteiger partial charge in [-0.25, -0.2) is 4.39 Å². The molecular formula is C29H35FN4O. The molecule has 3 aromatic rings. The molecule has 0 spiro atoms. The molecule has 1 fully saturated rings. The first-order valence-electron chi connectivity index (χ1n) is 12.4. The van der Waals surface area contributed by atoms with Crippen molar-refractivity contribution in [3.63, 3.8) is 0 Å². The number of carbonyl (C=O) groups excluding carboxylic acids is 1. The van der Waals surface area contributed by atoms with Gasteiger partial charge in [0.05, 0.1) is 12.2 Å². The topological polar surface area (TPSA) is 48.5 Å². The van der Waals surface area contributed by atoms with Gasteiger partial charge in [-0.1, -0.05) is 42.5 Å². The largest absolute Gasteiger partial charge is 0.340 e. The van der Waals surface area contributed by atoms with Crippen LogP contribution in [0.25, 0.3) is 11.1 Å². The van der Waals surface area contributed by atoms with Crippen LogP contribution in [0.5, 0.6) is 0 Å². The number of benzene rings is 2. The molecule has 184 valence electrons. The van der Waals surface area contributed by atoms with Crippen LogP contribution in [-0.2, 0) is 24.3 Å². The van der Waals surface area contributed by atoms with Crippen molar-refractivity contribution in [3.8, 4) is 11.1 Å². The minimum Gasteiger partial charge on any atom is -0.340 e. The molecule has 0 aliphatic carbocycles. The van der Waals surface area contributed by atoms with Crippen LogP contribution in [0.15, 0.2) is 66.9 Å². The summed E-state index contributed by atoms with van der Waals surface area (Å²) in [5.74, 6) is -0.221. The first-order chi connectivity index (χ1) is 16.9.